The standard InChI is InChI=1S/C20H15F3N2O4/c1-12(19(27)24-14-8-6-13(7-9-14)20(21,22)23)28-18(26)11-10-17-25-15-4-2-3-5-16(15)29-17/h2-12H,1H3,(H,24,27)/b11-10+/t12-/m0/s1. The molecule has 0 fully saturated rings. The molecule has 0 bridgehead atoms. The van der Waals surface area contributed by atoms with Gasteiger partial charge in [0.15, 0.2) is 11.7 Å². The first kappa shape index (κ1) is 20.1. The summed E-state index contributed by atoms with van der Waals surface area (Å²) in [5.74, 6) is -1.29. The van der Waals surface area contributed by atoms with E-state index < -0.39 is 29.7 Å². The number of ether oxygens (including phenoxy) is 1. The smallest absolute Gasteiger partial charge is 0.416 e. The zero-order chi connectivity index (χ0) is 21.0. The van der Waals surface area contributed by atoms with Crippen LogP contribution < -0.4 is 5.32 Å². The highest BCUT2D eigenvalue weighted by Gasteiger charge is 2.30. The molecule has 6 nitrogen and oxygen atoms in total. The zero-order valence-electron chi connectivity index (χ0n) is 15.1. The van der Waals surface area contributed by atoms with Crippen molar-refractivity contribution in [1.82, 2.24) is 4.98 Å². The number of fused-ring (bicyclic) bond motifs is 1. The van der Waals surface area contributed by atoms with E-state index in [1.54, 1.807) is 24.3 Å². The van der Waals surface area contributed by atoms with E-state index in [2.05, 4.69) is 10.3 Å². The van der Waals surface area contributed by atoms with Crippen molar-refractivity contribution in [3.05, 3.63) is 66.1 Å². The number of oxazole rings is 1. The summed E-state index contributed by atoms with van der Waals surface area (Å²) in [6.45, 7) is 1.34. The monoisotopic (exact) mass is 404 g/mol. The van der Waals surface area contributed by atoms with Crippen molar-refractivity contribution in [3.63, 3.8) is 0 Å². The molecule has 1 aromatic heterocycles. The van der Waals surface area contributed by atoms with Gasteiger partial charge in [0.1, 0.15) is 5.52 Å². The van der Waals surface area contributed by atoms with Gasteiger partial charge in [-0.15, -0.1) is 0 Å². The Balaban J connectivity index is 1.55. The molecule has 3 rings (SSSR count). The lowest BCUT2D eigenvalue weighted by Crippen LogP contribution is -2.29. The third kappa shape index (κ3) is 5.22. The number of anilines is 1. The summed E-state index contributed by atoms with van der Waals surface area (Å²) < 4.78 is 48.0. The Morgan fingerprint density at radius 3 is 2.48 bits per heavy atom. The Labute approximate surface area is 163 Å². The number of halogens is 3. The number of carbonyl (C=O) groups is 2. The van der Waals surface area contributed by atoms with Gasteiger partial charge in [0.2, 0.25) is 5.89 Å². The molecular formula is C20H15F3N2O4. The lowest BCUT2D eigenvalue weighted by molar-refractivity contribution is -0.148. The van der Waals surface area contributed by atoms with E-state index in [1.807, 2.05) is 0 Å². The second-order valence-corrected chi connectivity index (χ2v) is 6.00. The third-order valence-corrected chi connectivity index (χ3v) is 3.81. The number of amides is 1. The average Bonchev–Trinajstić information content (AvgIpc) is 3.09. The molecule has 29 heavy (non-hydrogen) atoms. The molecule has 150 valence electrons. The third-order valence-electron chi connectivity index (χ3n) is 3.81. The highest BCUT2D eigenvalue weighted by atomic mass is 19.4. The van der Waals surface area contributed by atoms with Crippen molar-refractivity contribution in [3.8, 4) is 0 Å². The van der Waals surface area contributed by atoms with Crippen molar-refractivity contribution >= 4 is 34.7 Å². The molecular weight excluding hydrogens is 389 g/mol. The second-order valence-electron chi connectivity index (χ2n) is 6.00. The fraction of sp³-hybridized carbons (Fsp3) is 0.150. The molecule has 0 spiro atoms. The van der Waals surface area contributed by atoms with E-state index in [0.717, 1.165) is 30.3 Å². The van der Waals surface area contributed by atoms with Gasteiger partial charge in [-0.05, 0) is 43.3 Å². The minimum absolute atomic E-state index is 0.146. The Hall–Kier alpha value is -3.62. The van der Waals surface area contributed by atoms with Crippen molar-refractivity contribution in [2.45, 2.75) is 19.2 Å². The van der Waals surface area contributed by atoms with Crippen LogP contribution in [0.15, 0.2) is 59.0 Å². The first-order valence-electron chi connectivity index (χ1n) is 8.45. The fourth-order valence-corrected chi connectivity index (χ4v) is 2.35. The van der Waals surface area contributed by atoms with Crippen LogP contribution in [-0.4, -0.2) is 23.0 Å². The number of hydrogen-bond donors (Lipinski definition) is 1. The van der Waals surface area contributed by atoms with Crippen molar-refractivity contribution in [2.75, 3.05) is 5.32 Å². The minimum Gasteiger partial charge on any atom is -0.449 e. The molecule has 0 unspecified atom stereocenters. The number of hydrogen-bond acceptors (Lipinski definition) is 5. The fourth-order valence-electron chi connectivity index (χ4n) is 2.35. The van der Waals surface area contributed by atoms with Gasteiger partial charge in [-0.3, -0.25) is 4.79 Å². The van der Waals surface area contributed by atoms with E-state index in [9.17, 15) is 22.8 Å². The molecule has 0 radical (unpaired) electrons. The molecule has 1 heterocycles. The van der Waals surface area contributed by atoms with Crippen LogP contribution in [0, 0.1) is 0 Å². The summed E-state index contributed by atoms with van der Waals surface area (Å²) in [6, 6.07) is 11.0. The molecule has 0 aliphatic carbocycles. The van der Waals surface area contributed by atoms with Gasteiger partial charge >= 0.3 is 12.1 Å². The topological polar surface area (TPSA) is 81.4 Å². The normalized spacial score (nSPS) is 12.8. The highest BCUT2D eigenvalue weighted by Crippen LogP contribution is 2.29. The first-order chi connectivity index (χ1) is 13.7. The SMILES string of the molecule is C[C@H](OC(=O)/C=C/c1nc2ccccc2o1)C(=O)Nc1ccc(C(F)(F)F)cc1. The summed E-state index contributed by atoms with van der Waals surface area (Å²) in [5, 5.41) is 2.38. The summed E-state index contributed by atoms with van der Waals surface area (Å²) in [7, 11) is 0. The van der Waals surface area contributed by atoms with Crippen molar-refractivity contribution in [1.29, 1.82) is 0 Å². The van der Waals surface area contributed by atoms with E-state index in [0.29, 0.717) is 11.1 Å². The van der Waals surface area contributed by atoms with Crippen LogP contribution in [-0.2, 0) is 20.5 Å². The Morgan fingerprint density at radius 2 is 1.83 bits per heavy atom. The molecule has 0 saturated heterocycles. The quantitative estimate of drug-likeness (QED) is 0.503. The molecule has 0 saturated carbocycles. The van der Waals surface area contributed by atoms with Gasteiger partial charge in [-0.25, -0.2) is 9.78 Å². The van der Waals surface area contributed by atoms with Gasteiger partial charge in [-0.1, -0.05) is 12.1 Å². The minimum atomic E-state index is -4.47. The van der Waals surface area contributed by atoms with Crippen LogP contribution in [0.3, 0.4) is 0 Å². The zero-order valence-corrected chi connectivity index (χ0v) is 15.1. The molecule has 2 aromatic carbocycles. The summed E-state index contributed by atoms with van der Waals surface area (Å²) in [5.41, 5.74) is 0.502. The number of rotatable bonds is 5. The Kier molecular flexibility index (Phi) is 5.67. The highest BCUT2D eigenvalue weighted by molar-refractivity contribution is 5.96. The lowest BCUT2D eigenvalue weighted by atomic mass is 10.2. The van der Waals surface area contributed by atoms with Crippen LogP contribution in [0.4, 0.5) is 18.9 Å². The van der Waals surface area contributed by atoms with Gasteiger partial charge in [-0.2, -0.15) is 13.2 Å². The van der Waals surface area contributed by atoms with Crippen LogP contribution in [0.25, 0.3) is 17.2 Å². The van der Waals surface area contributed by atoms with E-state index >= 15 is 0 Å². The van der Waals surface area contributed by atoms with E-state index in [4.69, 9.17) is 9.15 Å². The predicted molar refractivity (Wildman–Crippen MR) is 98.7 cm³/mol. The molecule has 3 aromatic rings. The maximum Gasteiger partial charge on any atom is 0.416 e. The number of benzene rings is 2. The van der Waals surface area contributed by atoms with Crippen molar-refractivity contribution in [2.24, 2.45) is 0 Å². The lowest BCUT2D eigenvalue weighted by Gasteiger charge is -2.13. The van der Waals surface area contributed by atoms with E-state index in [-0.39, 0.29) is 11.6 Å². The number of alkyl halides is 3. The van der Waals surface area contributed by atoms with Crippen molar-refractivity contribution < 1.29 is 31.9 Å². The average molecular weight is 404 g/mol. The Bertz CT molecular complexity index is 1020. The van der Waals surface area contributed by atoms with Crippen LogP contribution in [0.2, 0.25) is 0 Å². The number of esters is 1. The molecule has 1 atom stereocenters. The van der Waals surface area contributed by atoms with Gasteiger partial charge in [0.05, 0.1) is 5.56 Å². The Morgan fingerprint density at radius 1 is 1.14 bits per heavy atom. The largest absolute Gasteiger partial charge is 0.449 e. The number of nitrogens with one attached hydrogen (secondary N) is 1. The van der Waals surface area contributed by atoms with Gasteiger partial charge in [0.25, 0.3) is 5.91 Å². The number of aromatic nitrogens is 1. The molecule has 0 aliphatic heterocycles. The second kappa shape index (κ2) is 8.17. The first-order valence-corrected chi connectivity index (χ1v) is 8.45. The number of para-hydroxylation sites is 2. The van der Waals surface area contributed by atoms with Crippen LogP contribution >= 0.6 is 0 Å². The van der Waals surface area contributed by atoms with Gasteiger partial charge in [0, 0.05) is 17.8 Å². The summed E-state index contributed by atoms with van der Waals surface area (Å²) in [4.78, 5) is 28.1. The van der Waals surface area contributed by atoms with Crippen LogP contribution in [0.1, 0.15) is 18.4 Å². The summed E-state index contributed by atoms with van der Waals surface area (Å²) in [6.07, 6.45) is -3.26. The van der Waals surface area contributed by atoms with E-state index in [1.165, 1.54) is 13.0 Å². The molecule has 0 aliphatic rings. The molecule has 1 N–H and O–H groups in total. The maximum absolute atomic E-state index is 12.5. The maximum atomic E-state index is 12.5. The van der Waals surface area contributed by atoms with Crippen LogP contribution in [0.5, 0.6) is 0 Å². The predicted octanol–water partition coefficient (Wildman–Crippen LogP) is 4.43. The number of carbonyl (C=O) groups excluding carboxylic acids is 2. The number of nitrogens with zero attached hydrogens (tertiary/aromatic N) is 1. The molecule has 1 amide bonds. The molecule has 9 heteroatoms. The summed E-state index contributed by atoms with van der Waals surface area (Å²) >= 11 is 0. The van der Waals surface area contributed by atoms with Gasteiger partial charge < -0.3 is 14.5 Å².